The highest BCUT2D eigenvalue weighted by molar-refractivity contribution is 5.78. The quantitative estimate of drug-likeness (QED) is 0.466. The van der Waals surface area contributed by atoms with Crippen molar-refractivity contribution in [1.82, 2.24) is 4.90 Å². The largest absolute Gasteiger partial charge is 0.370 e. The van der Waals surface area contributed by atoms with Crippen LogP contribution in [-0.2, 0) is 0 Å². The van der Waals surface area contributed by atoms with Crippen LogP contribution in [0.5, 0.6) is 0 Å². The van der Waals surface area contributed by atoms with Gasteiger partial charge in [0.1, 0.15) is 0 Å². The predicted octanol–water partition coefficient (Wildman–Crippen LogP) is 2.76. The van der Waals surface area contributed by atoms with Gasteiger partial charge in [0.25, 0.3) is 0 Å². The van der Waals surface area contributed by atoms with E-state index in [-0.39, 0.29) is 0 Å². The first-order valence-corrected chi connectivity index (χ1v) is 7.13. The molecule has 2 rings (SSSR count). The monoisotopic (exact) mass is 237 g/mol. The van der Waals surface area contributed by atoms with Crippen LogP contribution in [0, 0.1) is 5.41 Å². The molecule has 0 aromatic carbocycles. The third kappa shape index (κ3) is 3.62. The second-order valence-corrected chi connectivity index (χ2v) is 6.24. The minimum absolute atomic E-state index is 0.394. The van der Waals surface area contributed by atoms with E-state index in [0.717, 1.165) is 12.5 Å². The van der Waals surface area contributed by atoms with Crippen LogP contribution in [0.2, 0.25) is 0 Å². The average Bonchev–Trinajstić information content (AvgIpc) is 3.12. The molecule has 17 heavy (non-hydrogen) atoms. The molecule has 0 aromatic heterocycles. The van der Waals surface area contributed by atoms with E-state index in [1.54, 1.807) is 0 Å². The van der Waals surface area contributed by atoms with Crippen molar-refractivity contribution in [1.29, 1.82) is 0 Å². The van der Waals surface area contributed by atoms with E-state index in [0.29, 0.717) is 11.5 Å². The van der Waals surface area contributed by atoms with Gasteiger partial charge in [-0.05, 0) is 31.1 Å². The first-order chi connectivity index (χ1) is 8.11. The van der Waals surface area contributed by atoms with Crippen molar-refractivity contribution in [2.24, 2.45) is 16.1 Å². The molecule has 2 N–H and O–H groups in total. The van der Waals surface area contributed by atoms with Gasteiger partial charge < -0.3 is 10.6 Å². The minimum Gasteiger partial charge on any atom is -0.370 e. The van der Waals surface area contributed by atoms with E-state index in [4.69, 9.17) is 5.73 Å². The molecule has 0 atom stereocenters. The molecule has 0 heterocycles. The standard InChI is InChI=1S/C14H27N3/c1-14(9-5-3-4-6-10-14)11-16-13(15)17(2)12-7-8-12/h12H,3-11H2,1-2H3,(H2,15,16). The highest BCUT2D eigenvalue weighted by Gasteiger charge is 2.29. The summed E-state index contributed by atoms with van der Waals surface area (Å²) in [6.07, 6.45) is 10.7. The van der Waals surface area contributed by atoms with Gasteiger partial charge in [0.15, 0.2) is 5.96 Å². The zero-order valence-electron chi connectivity index (χ0n) is 11.4. The molecule has 3 heteroatoms. The average molecular weight is 237 g/mol. The third-order valence-electron chi connectivity index (χ3n) is 4.39. The van der Waals surface area contributed by atoms with Gasteiger partial charge in [0.05, 0.1) is 0 Å². The Morgan fingerprint density at radius 2 is 1.82 bits per heavy atom. The Morgan fingerprint density at radius 1 is 1.24 bits per heavy atom. The zero-order valence-corrected chi connectivity index (χ0v) is 11.4. The Kier molecular flexibility index (Phi) is 3.95. The highest BCUT2D eigenvalue weighted by atomic mass is 15.3. The summed E-state index contributed by atoms with van der Waals surface area (Å²) in [6.45, 7) is 3.29. The maximum absolute atomic E-state index is 6.05. The maximum Gasteiger partial charge on any atom is 0.191 e. The summed E-state index contributed by atoms with van der Waals surface area (Å²) < 4.78 is 0. The van der Waals surface area contributed by atoms with Gasteiger partial charge in [-0.3, -0.25) is 4.99 Å². The Morgan fingerprint density at radius 3 is 2.35 bits per heavy atom. The molecular formula is C14H27N3. The van der Waals surface area contributed by atoms with Crippen LogP contribution in [-0.4, -0.2) is 30.5 Å². The highest BCUT2D eigenvalue weighted by Crippen LogP contribution is 2.34. The van der Waals surface area contributed by atoms with E-state index in [9.17, 15) is 0 Å². The number of hydrogen-bond donors (Lipinski definition) is 1. The van der Waals surface area contributed by atoms with Gasteiger partial charge in [0.2, 0.25) is 0 Å². The van der Waals surface area contributed by atoms with Gasteiger partial charge in [-0.15, -0.1) is 0 Å². The van der Waals surface area contributed by atoms with Crippen LogP contribution < -0.4 is 5.73 Å². The number of hydrogen-bond acceptors (Lipinski definition) is 1. The summed E-state index contributed by atoms with van der Waals surface area (Å²) in [6, 6.07) is 0.667. The van der Waals surface area contributed by atoms with Crippen molar-refractivity contribution >= 4 is 5.96 Å². The fourth-order valence-electron chi connectivity index (χ4n) is 2.77. The van der Waals surface area contributed by atoms with E-state index < -0.39 is 0 Å². The van der Waals surface area contributed by atoms with Gasteiger partial charge in [-0.25, -0.2) is 0 Å². The summed E-state index contributed by atoms with van der Waals surface area (Å²) in [4.78, 5) is 6.80. The van der Waals surface area contributed by atoms with Gasteiger partial charge in [0, 0.05) is 19.6 Å². The lowest BCUT2D eigenvalue weighted by Gasteiger charge is -2.27. The molecule has 0 aliphatic heterocycles. The molecule has 3 nitrogen and oxygen atoms in total. The Hall–Kier alpha value is -0.730. The van der Waals surface area contributed by atoms with Gasteiger partial charge in [-0.2, -0.15) is 0 Å². The topological polar surface area (TPSA) is 41.6 Å². The number of nitrogens with two attached hydrogens (primary N) is 1. The van der Waals surface area contributed by atoms with E-state index in [1.807, 2.05) is 0 Å². The summed E-state index contributed by atoms with van der Waals surface area (Å²) >= 11 is 0. The second kappa shape index (κ2) is 5.28. The SMILES string of the molecule is CN(C(N)=NCC1(C)CCCCCC1)C1CC1. The van der Waals surface area contributed by atoms with Crippen molar-refractivity contribution < 1.29 is 0 Å². The molecule has 98 valence electrons. The molecule has 2 fully saturated rings. The van der Waals surface area contributed by atoms with Crippen LogP contribution in [0.3, 0.4) is 0 Å². The van der Waals surface area contributed by atoms with Crippen LogP contribution in [0.4, 0.5) is 0 Å². The molecule has 0 amide bonds. The molecule has 0 bridgehead atoms. The summed E-state index contributed by atoms with van der Waals surface area (Å²) in [5.41, 5.74) is 6.44. The zero-order chi connectivity index (χ0) is 12.3. The van der Waals surface area contributed by atoms with Crippen molar-refractivity contribution in [2.45, 2.75) is 64.3 Å². The van der Waals surface area contributed by atoms with Crippen LogP contribution >= 0.6 is 0 Å². The van der Waals surface area contributed by atoms with Crippen LogP contribution in [0.15, 0.2) is 4.99 Å². The van der Waals surface area contributed by atoms with E-state index >= 15 is 0 Å². The van der Waals surface area contributed by atoms with Gasteiger partial charge in [-0.1, -0.05) is 32.6 Å². The van der Waals surface area contributed by atoms with Gasteiger partial charge >= 0.3 is 0 Å². The second-order valence-electron chi connectivity index (χ2n) is 6.24. The van der Waals surface area contributed by atoms with E-state index in [2.05, 4.69) is 23.9 Å². The number of rotatable bonds is 3. The molecule has 2 aliphatic carbocycles. The summed E-state index contributed by atoms with van der Waals surface area (Å²) in [7, 11) is 2.08. The molecule has 2 saturated carbocycles. The molecule has 0 aromatic rings. The number of guanidine groups is 1. The lowest BCUT2D eigenvalue weighted by molar-refractivity contribution is 0.288. The fourth-order valence-corrected chi connectivity index (χ4v) is 2.77. The Labute approximate surface area is 105 Å². The third-order valence-corrected chi connectivity index (χ3v) is 4.39. The fraction of sp³-hybridized carbons (Fsp3) is 0.929. The molecule has 0 spiro atoms. The molecular weight excluding hydrogens is 210 g/mol. The number of nitrogens with zero attached hydrogens (tertiary/aromatic N) is 2. The molecule has 0 saturated heterocycles. The predicted molar refractivity (Wildman–Crippen MR) is 73.1 cm³/mol. The maximum atomic E-state index is 6.05. The molecule has 0 unspecified atom stereocenters. The summed E-state index contributed by atoms with van der Waals surface area (Å²) in [5.74, 6) is 0.748. The Balaban J connectivity index is 1.87. The van der Waals surface area contributed by atoms with E-state index in [1.165, 1.54) is 51.4 Å². The normalized spacial score (nSPS) is 25.4. The van der Waals surface area contributed by atoms with Crippen LogP contribution in [0.25, 0.3) is 0 Å². The smallest absolute Gasteiger partial charge is 0.191 e. The van der Waals surface area contributed by atoms with Crippen molar-refractivity contribution in [2.75, 3.05) is 13.6 Å². The minimum atomic E-state index is 0.394. The number of aliphatic imine (C=N–C) groups is 1. The van der Waals surface area contributed by atoms with Crippen LogP contribution in [0.1, 0.15) is 58.3 Å². The molecule has 0 radical (unpaired) electrons. The lowest BCUT2D eigenvalue weighted by Crippen LogP contribution is -2.36. The summed E-state index contributed by atoms with van der Waals surface area (Å²) in [5, 5.41) is 0. The lowest BCUT2D eigenvalue weighted by atomic mass is 9.83. The Bertz CT molecular complexity index is 273. The first-order valence-electron chi connectivity index (χ1n) is 7.13. The first kappa shape index (κ1) is 12.7. The molecule has 2 aliphatic rings. The van der Waals surface area contributed by atoms with Crippen molar-refractivity contribution in [3.05, 3.63) is 0 Å². The van der Waals surface area contributed by atoms with Crippen molar-refractivity contribution in [3.8, 4) is 0 Å². The van der Waals surface area contributed by atoms with Crippen molar-refractivity contribution in [3.63, 3.8) is 0 Å².